The fraction of sp³-hybridized carbons (Fsp3) is 0.286. The van der Waals surface area contributed by atoms with E-state index in [4.69, 9.17) is 14.4 Å². The lowest BCUT2D eigenvalue weighted by molar-refractivity contribution is 0.361. The minimum absolute atomic E-state index is 0.0515. The minimum atomic E-state index is 0.0515. The average molecular weight is 257 g/mol. The molecule has 0 radical (unpaired) electrons. The van der Waals surface area contributed by atoms with Gasteiger partial charge in [0.15, 0.2) is 6.61 Å². The molecule has 0 atom stereocenters. The van der Waals surface area contributed by atoms with E-state index in [1.165, 1.54) is 0 Å². The van der Waals surface area contributed by atoms with Gasteiger partial charge in [-0.2, -0.15) is 5.26 Å². The van der Waals surface area contributed by atoms with Gasteiger partial charge in [0, 0.05) is 12.1 Å². The third kappa shape index (κ3) is 3.83. The molecule has 2 rings (SSSR count). The first kappa shape index (κ1) is 13.1. The van der Waals surface area contributed by atoms with Crippen molar-refractivity contribution in [3.63, 3.8) is 0 Å². The lowest BCUT2D eigenvalue weighted by Gasteiger charge is -2.09. The SMILES string of the molecule is Cc1cnc(CNCc2ccccc2OCC#N)o1. The highest BCUT2D eigenvalue weighted by atomic mass is 16.5. The number of aromatic nitrogens is 1. The summed E-state index contributed by atoms with van der Waals surface area (Å²) in [4.78, 5) is 4.12. The van der Waals surface area contributed by atoms with Crippen LogP contribution in [0.15, 0.2) is 34.9 Å². The topological polar surface area (TPSA) is 71.1 Å². The van der Waals surface area contributed by atoms with Crippen LogP contribution in [0.25, 0.3) is 0 Å². The number of oxazole rings is 1. The molecular weight excluding hydrogens is 242 g/mol. The summed E-state index contributed by atoms with van der Waals surface area (Å²) in [5, 5.41) is 11.8. The molecule has 5 nitrogen and oxygen atoms in total. The van der Waals surface area contributed by atoms with E-state index in [1.54, 1.807) is 6.20 Å². The second kappa shape index (κ2) is 6.57. The second-order valence-corrected chi connectivity index (χ2v) is 4.02. The lowest BCUT2D eigenvalue weighted by Crippen LogP contribution is -2.13. The van der Waals surface area contributed by atoms with Crippen molar-refractivity contribution in [3.05, 3.63) is 47.7 Å². The summed E-state index contributed by atoms with van der Waals surface area (Å²) in [6.45, 7) is 3.10. The van der Waals surface area contributed by atoms with Crippen LogP contribution in [-0.2, 0) is 13.1 Å². The monoisotopic (exact) mass is 257 g/mol. The van der Waals surface area contributed by atoms with Crippen molar-refractivity contribution >= 4 is 0 Å². The van der Waals surface area contributed by atoms with Crippen LogP contribution in [0.5, 0.6) is 5.75 Å². The molecule has 0 spiro atoms. The largest absolute Gasteiger partial charge is 0.478 e. The van der Waals surface area contributed by atoms with Gasteiger partial charge in [0.05, 0.1) is 12.7 Å². The van der Waals surface area contributed by atoms with Gasteiger partial charge in [-0.15, -0.1) is 0 Å². The molecule has 0 saturated heterocycles. The Hall–Kier alpha value is -2.32. The number of para-hydroxylation sites is 1. The molecule has 0 fully saturated rings. The molecule has 1 heterocycles. The van der Waals surface area contributed by atoms with Crippen molar-refractivity contribution < 1.29 is 9.15 Å². The van der Waals surface area contributed by atoms with Crippen molar-refractivity contribution in [1.82, 2.24) is 10.3 Å². The Kier molecular flexibility index (Phi) is 4.54. The molecule has 2 aromatic rings. The first-order valence-corrected chi connectivity index (χ1v) is 5.99. The Morgan fingerprint density at radius 1 is 1.37 bits per heavy atom. The van der Waals surface area contributed by atoms with E-state index in [1.807, 2.05) is 37.3 Å². The normalized spacial score (nSPS) is 10.1. The molecule has 0 bridgehead atoms. The van der Waals surface area contributed by atoms with Crippen molar-refractivity contribution in [3.8, 4) is 11.8 Å². The Bertz CT molecular complexity index is 572. The number of nitrogens with one attached hydrogen (secondary N) is 1. The highest BCUT2D eigenvalue weighted by Crippen LogP contribution is 2.17. The summed E-state index contributed by atoms with van der Waals surface area (Å²) >= 11 is 0. The highest BCUT2D eigenvalue weighted by Gasteiger charge is 2.04. The zero-order chi connectivity index (χ0) is 13.5. The van der Waals surface area contributed by atoms with Gasteiger partial charge in [0.25, 0.3) is 0 Å². The molecule has 0 aliphatic heterocycles. The van der Waals surface area contributed by atoms with E-state index >= 15 is 0 Å². The third-order valence-electron chi connectivity index (χ3n) is 2.53. The van der Waals surface area contributed by atoms with Gasteiger partial charge in [0.2, 0.25) is 5.89 Å². The molecule has 5 heteroatoms. The predicted molar refractivity (Wildman–Crippen MR) is 69.3 cm³/mol. The van der Waals surface area contributed by atoms with Gasteiger partial charge in [0.1, 0.15) is 17.6 Å². The smallest absolute Gasteiger partial charge is 0.208 e. The zero-order valence-corrected chi connectivity index (χ0v) is 10.7. The molecule has 1 aromatic heterocycles. The van der Waals surface area contributed by atoms with Gasteiger partial charge in [-0.1, -0.05) is 18.2 Å². The highest BCUT2D eigenvalue weighted by molar-refractivity contribution is 5.33. The second-order valence-electron chi connectivity index (χ2n) is 4.02. The van der Waals surface area contributed by atoms with E-state index in [9.17, 15) is 0 Å². The molecule has 0 aliphatic rings. The van der Waals surface area contributed by atoms with Crippen LogP contribution in [0.3, 0.4) is 0 Å². The van der Waals surface area contributed by atoms with Crippen molar-refractivity contribution in [1.29, 1.82) is 5.26 Å². The summed E-state index contributed by atoms with van der Waals surface area (Å²) in [5.74, 6) is 2.18. The molecule has 1 aromatic carbocycles. The maximum absolute atomic E-state index is 8.53. The Balaban J connectivity index is 1.90. The molecule has 19 heavy (non-hydrogen) atoms. The number of ether oxygens (including phenoxy) is 1. The first-order valence-electron chi connectivity index (χ1n) is 5.99. The Labute approximate surface area is 111 Å². The number of benzene rings is 1. The van der Waals surface area contributed by atoms with E-state index in [0.29, 0.717) is 19.0 Å². The summed E-state index contributed by atoms with van der Waals surface area (Å²) in [7, 11) is 0. The van der Waals surface area contributed by atoms with Crippen LogP contribution in [0.2, 0.25) is 0 Å². The van der Waals surface area contributed by atoms with Crippen LogP contribution in [0, 0.1) is 18.3 Å². The molecular formula is C14H15N3O2. The number of nitrogens with zero attached hydrogens (tertiary/aromatic N) is 2. The Morgan fingerprint density at radius 3 is 2.95 bits per heavy atom. The standard InChI is InChI=1S/C14H15N3O2/c1-11-8-17-14(19-11)10-16-9-12-4-2-3-5-13(12)18-7-6-15/h2-5,8,16H,7,9-10H2,1H3. The quantitative estimate of drug-likeness (QED) is 0.858. The first-order chi connectivity index (χ1) is 9.29. The maximum Gasteiger partial charge on any atom is 0.208 e. The maximum atomic E-state index is 8.53. The van der Waals surface area contributed by atoms with Crippen LogP contribution >= 0.6 is 0 Å². The van der Waals surface area contributed by atoms with E-state index in [0.717, 1.165) is 17.1 Å². The molecule has 98 valence electrons. The van der Waals surface area contributed by atoms with Gasteiger partial charge < -0.3 is 14.5 Å². The minimum Gasteiger partial charge on any atom is -0.478 e. The number of hydrogen-bond donors (Lipinski definition) is 1. The number of nitriles is 1. The predicted octanol–water partition coefficient (Wildman–Crippen LogP) is 2.18. The number of hydrogen-bond acceptors (Lipinski definition) is 5. The zero-order valence-electron chi connectivity index (χ0n) is 10.7. The third-order valence-corrected chi connectivity index (χ3v) is 2.53. The molecule has 0 unspecified atom stereocenters. The van der Waals surface area contributed by atoms with Crippen LogP contribution in [0.1, 0.15) is 17.2 Å². The molecule has 1 N–H and O–H groups in total. The summed E-state index contributed by atoms with van der Waals surface area (Å²) in [6.07, 6.45) is 1.70. The van der Waals surface area contributed by atoms with Gasteiger partial charge in [-0.25, -0.2) is 4.98 Å². The summed E-state index contributed by atoms with van der Waals surface area (Å²) in [5.41, 5.74) is 1.00. The summed E-state index contributed by atoms with van der Waals surface area (Å²) in [6, 6.07) is 9.59. The fourth-order valence-electron chi connectivity index (χ4n) is 1.69. The van der Waals surface area contributed by atoms with Crippen molar-refractivity contribution in [2.24, 2.45) is 0 Å². The van der Waals surface area contributed by atoms with Crippen molar-refractivity contribution in [2.45, 2.75) is 20.0 Å². The van der Waals surface area contributed by atoms with E-state index < -0.39 is 0 Å². The van der Waals surface area contributed by atoms with Crippen LogP contribution in [0.4, 0.5) is 0 Å². The van der Waals surface area contributed by atoms with Crippen LogP contribution in [-0.4, -0.2) is 11.6 Å². The van der Waals surface area contributed by atoms with Crippen LogP contribution < -0.4 is 10.1 Å². The van der Waals surface area contributed by atoms with Gasteiger partial charge in [-0.05, 0) is 13.0 Å². The summed E-state index contributed by atoms with van der Waals surface area (Å²) < 4.78 is 10.7. The average Bonchev–Trinajstić information content (AvgIpc) is 2.83. The van der Waals surface area contributed by atoms with Crippen molar-refractivity contribution in [2.75, 3.05) is 6.61 Å². The molecule has 0 aliphatic carbocycles. The number of rotatable bonds is 6. The van der Waals surface area contributed by atoms with E-state index in [-0.39, 0.29) is 6.61 Å². The lowest BCUT2D eigenvalue weighted by atomic mass is 10.2. The molecule has 0 saturated carbocycles. The van der Waals surface area contributed by atoms with Gasteiger partial charge in [-0.3, -0.25) is 0 Å². The molecule has 0 amide bonds. The Morgan fingerprint density at radius 2 is 2.21 bits per heavy atom. The van der Waals surface area contributed by atoms with E-state index in [2.05, 4.69) is 10.3 Å². The fourth-order valence-corrected chi connectivity index (χ4v) is 1.69. The number of aryl methyl sites for hydroxylation is 1. The van der Waals surface area contributed by atoms with Gasteiger partial charge >= 0.3 is 0 Å².